The summed E-state index contributed by atoms with van der Waals surface area (Å²) in [7, 11) is 3.53. The van der Waals surface area contributed by atoms with E-state index in [9.17, 15) is 19.2 Å². The number of carbonyl (C=O) groups is 4. The van der Waals surface area contributed by atoms with Crippen LogP contribution in [0.3, 0.4) is 0 Å². The molecule has 0 radical (unpaired) electrons. The van der Waals surface area contributed by atoms with Crippen molar-refractivity contribution >= 4 is 35.5 Å². The first-order valence-electron chi connectivity index (χ1n) is 12.6. The van der Waals surface area contributed by atoms with Gasteiger partial charge in [0.2, 0.25) is 24.1 Å². The lowest BCUT2D eigenvalue weighted by Crippen LogP contribution is -2.51. The van der Waals surface area contributed by atoms with Crippen LogP contribution in [0.1, 0.15) is 69.3 Å². The van der Waals surface area contributed by atoms with Crippen LogP contribution in [0.25, 0.3) is 0 Å². The molecule has 1 unspecified atom stereocenters. The van der Waals surface area contributed by atoms with Crippen LogP contribution in [-0.4, -0.2) is 62.3 Å². The number of anilines is 2. The molecule has 4 amide bonds. The number of benzene rings is 1. The van der Waals surface area contributed by atoms with Gasteiger partial charge in [0.15, 0.2) is 0 Å². The van der Waals surface area contributed by atoms with Crippen molar-refractivity contribution < 1.29 is 19.2 Å². The van der Waals surface area contributed by atoms with Gasteiger partial charge < -0.3 is 14.7 Å². The fourth-order valence-electron chi connectivity index (χ4n) is 5.69. The summed E-state index contributed by atoms with van der Waals surface area (Å²) < 4.78 is 0. The van der Waals surface area contributed by atoms with Gasteiger partial charge in [-0.25, -0.2) is 0 Å². The molecule has 1 atom stereocenters. The van der Waals surface area contributed by atoms with Crippen LogP contribution in [0, 0.1) is 5.92 Å². The van der Waals surface area contributed by atoms with Gasteiger partial charge in [-0.3, -0.25) is 24.5 Å². The maximum Gasteiger partial charge on any atom is 0.249 e. The Kier molecular flexibility index (Phi) is 7.54. The molecule has 184 valence electrons. The fraction of sp³-hybridized carbons (Fsp3) is 0.615. The minimum Gasteiger partial charge on any atom is -0.361 e. The lowest BCUT2D eigenvalue weighted by Gasteiger charge is -2.36. The quantitative estimate of drug-likeness (QED) is 0.512. The molecule has 2 aliphatic heterocycles. The Bertz CT molecular complexity index is 935. The highest BCUT2D eigenvalue weighted by molar-refractivity contribution is 6.02. The highest BCUT2D eigenvalue weighted by Gasteiger charge is 2.33. The van der Waals surface area contributed by atoms with E-state index in [0.717, 1.165) is 62.1 Å². The zero-order valence-electron chi connectivity index (χ0n) is 20.3. The number of hydrogen-bond donors (Lipinski definition) is 1. The summed E-state index contributed by atoms with van der Waals surface area (Å²) in [6.07, 6.45) is 8.97. The van der Waals surface area contributed by atoms with Gasteiger partial charge in [0, 0.05) is 39.5 Å². The molecule has 8 nitrogen and oxygen atoms in total. The third-order valence-electron chi connectivity index (χ3n) is 7.83. The Balaban J connectivity index is 1.47. The molecule has 0 spiro atoms. The van der Waals surface area contributed by atoms with Gasteiger partial charge in [0.05, 0.1) is 11.4 Å². The smallest absolute Gasteiger partial charge is 0.249 e. The van der Waals surface area contributed by atoms with Gasteiger partial charge in [0.1, 0.15) is 6.04 Å². The molecule has 0 aromatic heterocycles. The molecule has 2 heterocycles. The number of rotatable bonds is 6. The fourth-order valence-corrected chi connectivity index (χ4v) is 5.69. The van der Waals surface area contributed by atoms with Crippen LogP contribution in [0.2, 0.25) is 0 Å². The van der Waals surface area contributed by atoms with Crippen molar-refractivity contribution in [3.8, 4) is 0 Å². The zero-order chi connectivity index (χ0) is 24.2. The third kappa shape index (κ3) is 5.10. The molecule has 3 fully saturated rings. The Hall–Kier alpha value is -2.90. The number of carbonyl (C=O) groups excluding carboxylic acids is 4. The van der Waals surface area contributed by atoms with Gasteiger partial charge in [-0.15, -0.1) is 0 Å². The topological polar surface area (TPSA) is 90.0 Å². The molecule has 4 rings (SSSR count). The SMILES string of the molecule is CN(C=O)c1cc(C2CCN(C(=O)C3CCCCC3)CC2)ccc1N(C)C1CCC(=O)NC1=O. The monoisotopic (exact) mass is 468 g/mol. The number of nitrogens with one attached hydrogen (secondary N) is 1. The predicted octanol–water partition coefficient (Wildman–Crippen LogP) is 2.81. The van der Waals surface area contributed by atoms with Crippen LogP contribution in [-0.2, 0) is 19.2 Å². The Morgan fingerprint density at radius 2 is 1.71 bits per heavy atom. The first kappa shape index (κ1) is 24.2. The van der Waals surface area contributed by atoms with Gasteiger partial charge >= 0.3 is 0 Å². The molecule has 1 aliphatic carbocycles. The van der Waals surface area contributed by atoms with Crippen LogP contribution < -0.4 is 15.1 Å². The van der Waals surface area contributed by atoms with E-state index in [0.29, 0.717) is 24.7 Å². The number of nitrogens with zero attached hydrogens (tertiary/aromatic N) is 3. The Morgan fingerprint density at radius 1 is 1.00 bits per heavy atom. The molecule has 8 heteroatoms. The van der Waals surface area contributed by atoms with Crippen molar-refractivity contribution in [2.75, 3.05) is 37.0 Å². The van der Waals surface area contributed by atoms with Crippen molar-refractivity contribution in [2.24, 2.45) is 5.92 Å². The summed E-state index contributed by atoms with van der Waals surface area (Å²) in [6.45, 7) is 1.55. The zero-order valence-corrected chi connectivity index (χ0v) is 20.3. The molecule has 1 aromatic carbocycles. The molecule has 1 saturated carbocycles. The summed E-state index contributed by atoms with van der Waals surface area (Å²) >= 11 is 0. The minimum absolute atomic E-state index is 0.209. The minimum atomic E-state index is -0.462. The second-order valence-corrected chi connectivity index (χ2v) is 9.98. The Labute approximate surface area is 201 Å². The number of imide groups is 1. The average molecular weight is 469 g/mol. The van der Waals surface area contributed by atoms with Crippen molar-refractivity contribution in [3.63, 3.8) is 0 Å². The van der Waals surface area contributed by atoms with Crippen LogP contribution >= 0.6 is 0 Å². The van der Waals surface area contributed by atoms with Crippen molar-refractivity contribution in [2.45, 2.75) is 69.7 Å². The number of piperidine rings is 2. The second kappa shape index (κ2) is 10.6. The van der Waals surface area contributed by atoms with Gasteiger partial charge in [-0.05, 0) is 55.7 Å². The number of likely N-dealkylation sites (tertiary alicyclic amines) is 1. The number of hydrogen-bond acceptors (Lipinski definition) is 5. The van der Waals surface area contributed by atoms with E-state index in [2.05, 4.69) is 16.3 Å². The molecule has 2 saturated heterocycles. The van der Waals surface area contributed by atoms with E-state index in [1.807, 2.05) is 24.1 Å². The van der Waals surface area contributed by atoms with E-state index in [4.69, 9.17) is 0 Å². The van der Waals surface area contributed by atoms with E-state index >= 15 is 0 Å². The summed E-state index contributed by atoms with van der Waals surface area (Å²) in [5, 5.41) is 2.41. The summed E-state index contributed by atoms with van der Waals surface area (Å²) in [4.78, 5) is 54.0. The van der Waals surface area contributed by atoms with Gasteiger partial charge in [0.25, 0.3) is 0 Å². The summed E-state index contributed by atoms with van der Waals surface area (Å²) in [5.41, 5.74) is 2.66. The molecule has 34 heavy (non-hydrogen) atoms. The van der Waals surface area contributed by atoms with Gasteiger partial charge in [-0.1, -0.05) is 25.3 Å². The highest BCUT2D eigenvalue weighted by atomic mass is 16.2. The standard InChI is InChI=1S/C26H36N4O4/c1-28(17-31)23-16-20(8-9-21(23)29(2)22-10-11-24(32)27-25(22)33)18-12-14-30(15-13-18)26(34)19-6-4-3-5-7-19/h8-9,16-19,22H,3-7,10-15H2,1-2H3,(H,27,32,33). The molecule has 0 bridgehead atoms. The third-order valence-corrected chi connectivity index (χ3v) is 7.83. The van der Waals surface area contributed by atoms with E-state index in [-0.39, 0.29) is 17.7 Å². The predicted molar refractivity (Wildman–Crippen MR) is 131 cm³/mol. The maximum atomic E-state index is 12.9. The van der Waals surface area contributed by atoms with Crippen LogP contribution in [0.15, 0.2) is 18.2 Å². The lowest BCUT2D eigenvalue weighted by atomic mass is 9.85. The molecular weight excluding hydrogens is 432 g/mol. The van der Waals surface area contributed by atoms with E-state index < -0.39 is 6.04 Å². The van der Waals surface area contributed by atoms with Crippen molar-refractivity contribution in [1.82, 2.24) is 10.2 Å². The first-order valence-corrected chi connectivity index (χ1v) is 12.6. The molecular formula is C26H36N4O4. The van der Waals surface area contributed by atoms with Crippen molar-refractivity contribution in [3.05, 3.63) is 23.8 Å². The first-order chi connectivity index (χ1) is 16.4. The highest BCUT2D eigenvalue weighted by Crippen LogP contribution is 2.37. The van der Waals surface area contributed by atoms with Crippen LogP contribution in [0.5, 0.6) is 0 Å². The average Bonchev–Trinajstić information content (AvgIpc) is 2.87. The summed E-state index contributed by atoms with van der Waals surface area (Å²) in [5.74, 6) is 0.311. The van der Waals surface area contributed by atoms with Crippen molar-refractivity contribution in [1.29, 1.82) is 0 Å². The second-order valence-electron chi connectivity index (χ2n) is 9.98. The number of likely N-dealkylation sites (N-methyl/N-ethyl adjacent to an activating group) is 1. The maximum absolute atomic E-state index is 12.9. The van der Waals surface area contributed by atoms with Crippen LogP contribution in [0.4, 0.5) is 11.4 Å². The Morgan fingerprint density at radius 3 is 2.35 bits per heavy atom. The number of amides is 4. The normalized spacial score (nSPS) is 22.3. The molecule has 1 aromatic rings. The van der Waals surface area contributed by atoms with Gasteiger partial charge in [-0.2, -0.15) is 0 Å². The summed E-state index contributed by atoms with van der Waals surface area (Å²) in [6, 6.07) is 5.61. The van der Waals surface area contributed by atoms with E-state index in [1.165, 1.54) is 24.2 Å². The molecule has 3 aliphatic rings. The van der Waals surface area contributed by atoms with E-state index in [1.54, 1.807) is 7.05 Å². The lowest BCUT2D eigenvalue weighted by molar-refractivity contribution is -0.138. The largest absolute Gasteiger partial charge is 0.361 e. The molecule has 1 N–H and O–H groups in total.